The Morgan fingerprint density at radius 1 is 1.33 bits per heavy atom. The maximum atomic E-state index is 14.1. The topological polar surface area (TPSA) is 15.6 Å². The number of alkyl halides is 1. The van der Waals surface area contributed by atoms with Gasteiger partial charge in [0.1, 0.15) is 5.83 Å². The Kier molecular flexibility index (Phi) is 8.53. The molecule has 0 saturated heterocycles. The first kappa shape index (κ1) is 21.2. The molecule has 1 heterocycles. The van der Waals surface area contributed by atoms with Gasteiger partial charge in [0.15, 0.2) is 0 Å². The molecule has 0 bridgehead atoms. The van der Waals surface area contributed by atoms with E-state index in [0.717, 1.165) is 41.9 Å². The molecule has 0 spiro atoms. The molecule has 1 aliphatic carbocycles. The molecule has 0 amide bonds. The fourth-order valence-electron chi connectivity index (χ4n) is 2.93. The molecular formula is C23H28ClFN2. The van der Waals surface area contributed by atoms with E-state index in [2.05, 4.69) is 36.5 Å². The van der Waals surface area contributed by atoms with Gasteiger partial charge in [0.05, 0.1) is 5.70 Å². The predicted molar refractivity (Wildman–Crippen MR) is 115 cm³/mol. The van der Waals surface area contributed by atoms with E-state index >= 15 is 0 Å². The molecule has 1 aliphatic heterocycles. The first-order valence-electron chi connectivity index (χ1n) is 9.36. The SMILES string of the molecule is C=C/C(=C\CC(=C)C1=CCC(C)=NN1/C1=C/C(F)=C\C/C=C\C1)CCCCl. The zero-order valence-electron chi connectivity index (χ0n) is 16.1. The van der Waals surface area contributed by atoms with E-state index in [1.54, 1.807) is 12.2 Å². The maximum Gasteiger partial charge on any atom is 0.121 e. The Bertz CT molecular complexity index is 750. The molecule has 2 nitrogen and oxygen atoms in total. The van der Waals surface area contributed by atoms with Crippen LogP contribution in [0.25, 0.3) is 0 Å². The summed E-state index contributed by atoms with van der Waals surface area (Å²) in [5.41, 5.74) is 4.86. The highest BCUT2D eigenvalue weighted by Crippen LogP contribution is 2.30. The lowest BCUT2D eigenvalue weighted by molar-refractivity contribution is 0.439. The second kappa shape index (κ2) is 10.9. The van der Waals surface area contributed by atoms with Crippen molar-refractivity contribution in [2.75, 3.05) is 5.88 Å². The first-order chi connectivity index (χ1) is 13.0. The number of hydrogen-bond acceptors (Lipinski definition) is 2. The second-order valence-corrected chi connectivity index (χ2v) is 7.04. The van der Waals surface area contributed by atoms with Crippen LogP contribution in [0.2, 0.25) is 0 Å². The van der Waals surface area contributed by atoms with Gasteiger partial charge in [0.2, 0.25) is 0 Å². The Hall–Kier alpha value is -2.13. The highest BCUT2D eigenvalue weighted by atomic mass is 35.5. The second-order valence-electron chi connectivity index (χ2n) is 6.66. The Labute approximate surface area is 167 Å². The van der Waals surface area contributed by atoms with Crippen LogP contribution < -0.4 is 0 Å². The van der Waals surface area contributed by atoms with Crippen LogP contribution in [0.1, 0.15) is 45.4 Å². The molecule has 144 valence electrons. The molecule has 4 heteroatoms. The summed E-state index contributed by atoms with van der Waals surface area (Å²) in [6.45, 7) is 10.1. The molecule has 0 aromatic heterocycles. The Morgan fingerprint density at radius 3 is 2.89 bits per heavy atom. The van der Waals surface area contributed by atoms with Gasteiger partial charge in [-0.05, 0) is 50.3 Å². The maximum absolute atomic E-state index is 14.1. The molecule has 0 saturated carbocycles. The minimum absolute atomic E-state index is 0.229. The highest BCUT2D eigenvalue weighted by molar-refractivity contribution is 6.17. The molecule has 0 aromatic rings. The molecule has 0 aromatic carbocycles. The minimum Gasteiger partial charge on any atom is -0.238 e. The van der Waals surface area contributed by atoms with Crippen molar-refractivity contribution < 1.29 is 4.39 Å². The van der Waals surface area contributed by atoms with Crippen LogP contribution in [0.15, 0.2) is 89.2 Å². The monoisotopic (exact) mass is 386 g/mol. The van der Waals surface area contributed by atoms with Crippen LogP contribution in [-0.4, -0.2) is 16.6 Å². The van der Waals surface area contributed by atoms with E-state index in [-0.39, 0.29) is 5.83 Å². The van der Waals surface area contributed by atoms with E-state index in [1.807, 2.05) is 24.1 Å². The molecule has 0 unspecified atom stereocenters. The third kappa shape index (κ3) is 6.51. The van der Waals surface area contributed by atoms with Crippen LogP contribution in [-0.2, 0) is 0 Å². The Morgan fingerprint density at radius 2 is 2.15 bits per heavy atom. The summed E-state index contributed by atoms with van der Waals surface area (Å²) in [6.07, 6.45) is 17.9. The lowest BCUT2D eigenvalue weighted by Crippen LogP contribution is -2.22. The van der Waals surface area contributed by atoms with Crippen molar-refractivity contribution in [3.8, 4) is 0 Å². The van der Waals surface area contributed by atoms with Crippen molar-refractivity contribution in [2.24, 2.45) is 5.10 Å². The third-order valence-corrected chi connectivity index (χ3v) is 4.71. The molecule has 0 radical (unpaired) electrons. The molecule has 0 N–H and O–H groups in total. The smallest absolute Gasteiger partial charge is 0.121 e. The number of hydrazone groups is 1. The molecular weight excluding hydrogens is 359 g/mol. The van der Waals surface area contributed by atoms with E-state index in [4.69, 9.17) is 11.6 Å². The molecule has 27 heavy (non-hydrogen) atoms. The first-order valence-corrected chi connectivity index (χ1v) is 9.89. The van der Waals surface area contributed by atoms with Gasteiger partial charge < -0.3 is 0 Å². The normalized spacial score (nSPS) is 23.1. The van der Waals surface area contributed by atoms with Gasteiger partial charge in [-0.1, -0.05) is 49.1 Å². The lowest BCUT2D eigenvalue weighted by atomic mass is 10.0. The summed E-state index contributed by atoms with van der Waals surface area (Å²) in [4.78, 5) is 0. The van der Waals surface area contributed by atoms with E-state index < -0.39 is 0 Å². The summed E-state index contributed by atoms with van der Waals surface area (Å²) < 4.78 is 14.1. The van der Waals surface area contributed by atoms with E-state index in [0.29, 0.717) is 25.1 Å². The zero-order valence-corrected chi connectivity index (χ0v) is 16.8. The Balaban J connectivity index is 2.22. The van der Waals surface area contributed by atoms with Gasteiger partial charge >= 0.3 is 0 Å². The van der Waals surface area contributed by atoms with Crippen LogP contribution in [0.5, 0.6) is 0 Å². The summed E-state index contributed by atoms with van der Waals surface area (Å²) in [6, 6.07) is 0. The van der Waals surface area contributed by atoms with Gasteiger partial charge in [-0.3, -0.25) is 0 Å². The van der Waals surface area contributed by atoms with Crippen molar-refractivity contribution in [2.45, 2.75) is 45.4 Å². The van der Waals surface area contributed by atoms with Gasteiger partial charge in [-0.15, -0.1) is 11.6 Å². The van der Waals surface area contributed by atoms with Crippen molar-refractivity contribution in [1.82, 2.24) is 5.01 Å². The summed E-state index contributed by atoms with van der Waals surface area (Å²) >= 11 is 5.79. The number of halogens is 2. The van der Waals surface area contributed by atoms with Gasteiger partial charge in [-0.2, -0.15) is 5.10 Å². The summed E-state index contributed by atoms with van der Waals surface area (Å²) in [5.74, 6) is 0.410. The average Bonchev–Trinajstić information content (AvgIpc) is 2.64. The fraction of sp³-hybridized carbons (Fsp3) is 0.348. The number of nitrogens with zero attached hydrogens (tertiary/aromatic N) is 2. The van der Waals surface area contributed by atoms with Crippen molar-refractivity contribution in [3.63, 3.8) is 0 Å². The number of allylic oxidation sites excluding steroid dienone is 10. The molecule has 2 rings (SSSR count). The quantitative estimate of drug-likeness (QED) is 0.246. The summed E-state index contributed by atoms with van der Waals surface area (Å²) in [5, 5.41) is 6.52. The van der Waals surface area contributed by atoms with E-state index in [9.17, 15) is 4.39 Å². The molecule has 0 atom stereocenters. The molecule has 2 aliphatic rings. The summed E-state index contributed by atoms with van der Waals surface area (Å²) in [7, 11) is 0. The van der Waals surface area contributed by atoms with Crippen LogP contribution in [0.4, 0.5) is 4.39 Å². The standard InChI is InChI=1S/C23H28ClFN2/c1-4-20(9-8-16-24)14-12-18(2)23-15-13-19(3)26-27(23)22-11-7-5-6-10-21(25)17-22/h4-5,7,10,14-15,17H,1-2,6,8-9,11-13,16H2,3H3/b7-5-,20-14+,21-10+,22-17+. The average molecular weight is 387 g/mol. The number of hydrogen-bond donors (Lipinski definition) is 0. The van der Waals surface area contributed by atoms with Crippen LogP contribution in [0.3, 0.4) is 0 Å². The third-order valence-electron chi connectivity index (χ3n) is 4.44. The number of rotatable bonds is 8. The molecule has 0 fully saturated rings. The van der Waals surface area contributed by atoms with Gasteiger partial charge in [0, 0.05) is 30.1 Å². The van der Waals surface area contributed by atoms with Crippen LogP contribution in [0, 0.1) is 0 Å². The largest absolute Gasteiger partial charge is 0.238 e. The zero-order chi connectivity index (χ0) is 19.6. The highest BCUT2D eigenvalue weighted by Gasteiger charge is 2.20. The minimum atomic E-state index is -0.229. The van der Waals surface area contributed by atoms with E-state index in [1.165, 1.54) is 5.57 Å². The lowest BCUT2D eigenvalue weighted by Gasteiger charge is -2.29. The van der Waals surface area contributed by atoms with Gasteiger partial charge in [0.25, 0.3) is 0 Å². The van der Waals surface area contributed by atoms with Gasteiger partial charge in [-0.25, -0.2) is 9.40 Å². The van der Waals surface area contributed by atoms with Crippen LogP contribution >= 0.6 is 11.6 Å². The van der Waals surface area contributed by atoms with Crippen molar-refractivity contribution >= 4 is 17.3 Å². The fourth-order valence-corrected chi connectivity index (χ4v) is 3.07. The van der Waals surface area contributed by atoms with Crippen molar-refractivity contribution in [3.05, 3.63) is 84.1 Å². The van der Waals surface area contributed by atoms with Crippen molar-refractivity contribution in [1.29, 1.82) is 0 Å². The predicted octanol–water partition coefficient (Wildman–Crippen LogP) is 7.12.